The number of hydrogen-bond acceptors (Lipinski definition) is 5. The Morgan fingerprint density at radius 2 is 2.00 bits per heavy atom. The molecule has 0 saturated heterocycles. The van der Waals surface area contributed by atoms with E-state index in [1.165, 1.54) is 0 Å². The van der Waals surface area contributed by atoms with Crippen molar-refractivity contribution in [1.82, 2.24) is 5.32 Å². The van der Waals surface area contributed by atoms with E-state index in [-0.39, 0.29) is 23.8 Å². The summed E-state index contributed by atoms with van der Waals surface area (Å²) in [4.78, 5) is 23.5. The van der Waals surface area contributed by atoms with E-state index in [9.17, 15) is 9.59 Å². The van der Waals surface area contributed by atoms with E-state index in [4.69, 9.17) is 10.5 Å². The third-order valence-electron chi connectivity index (χ3n) is 3.66. The second-order valence-electron chi connectivity index (χ2n) is 5.20. The van der Waals surface area contributed by atoms with Crippen LogP contribution in [0.4, 0.5) is 0 Å². The number of carbonyl (C=O) groups excluding carboxylic acids is 2. The van der Waals surface area contributed by atoms with Crippen LogP contribution in [0.15, 0.2) is 0 Å². The van der Waals surface area contributed by atoms with E-state index < -0.39 is 6.04 Å². The second-order valence-corrected chi connectivity index (χ2v) is 6.18. The van der Waals surface area contributed by atoms with Gasteiger partial charge in [-0.15, -0.1) is 0 Å². The normalized spacial score (nSPS) is 23.9. The largest absolute Gasteiger partial charge is 0.466 e. The number of ether oxygens (including phenoxy) is 1. The summed E-state index contributed by atoms with van der Waals surface area (Å²) in [6, 6.07) is -0.279. The van der Waals surface area contributed by atoms with Crippen LogP contribution in [0.5, 0.6) is 0 Å². The summed E-state index contributed by atoms with van der Waals surface area (Å²) in [6.07, 6.45) is 5.91. The van der Waals surface area contributed by atoms with Crippen molar-refractivity contribution < 1.29 is 14.3 Å². The molecule has 0 radical (unpaired) electrons. The van der Waals surface area contributed by atoms with E-state index in [0.717, 1.165) is 31.4 Å². The highest BCUT2D eigenvalue weighted by atomic mass is 32.2. The van der Waals surface area contributed by atoms with Gasteiger partial charge in [0.2, 0.25) is 5.91 Å². The van der Waals surface area contributed by atoms with Gasteiger partial charge in [0.1, 0.15) is 0 Å². The molecule has 1 atom stereocenters. The Morgan fingerprint density at radius 3 is 2.55 bits per heavy atom. The zero-order chi connectivity index (χ0) is 15.0. The van der Waals surface area contributed by atoms with Gasteiger partial charge < -0.3 is 15.8 Å². The molecule has 3 N–H and O–H groups in total. The van der Waals surface area contributed by atoms with Crippen LogP contribution >= 0.6 is 11.8 Å². The number of esters is 1. The van der Waals surface area contributed by atoms with Crippen LogP contribution in [-0.4, -0.2) is 42.6 Å². The minimum Gasteiger partial charge on any atom is -0.466 e. The predicted molar refractivity (Wildman–Crippen MR) is 81.5 cm³/mol. The van der Waals surface area contributed by atoms with Crippen LogP contribution in [-0.2, 0) is 14.3 Å². The fourth-order valence-corrected chi connectivity index (χ4v) is 2.91. The van der Waals surface area contributed by atoms with Gasteiger partial charge in [-0.3, -0.25) is 9.59 Å². The minimum atomic E-state index is -0.426. The van der Waals surface area contributed by atoms with Crippen LogP contribution in [0.2, 0.25) is 0 Å². The highest BCUT2D eigenvalue weighted by Gasteiger charge is 2.28. The first-order valence-electron chi connectivity index (χ1n) is 7.30. The summed E-state index contributed by atoms with van der Waals surface area (Å²) in [5.41, 5.74) is 5.84. The van der Waals surface area contributed by atoms with Gasteiger partial charge in [0.25, 0.3) is 0 Å². The smallest absolute Gasteiger partial charge is 0.308 e. The molecule has 116 valence electrons. The first-order chi connectivity index (χ1) is 9.58. The van der Waals surface area contributed by atoms with Gasteiger partial charge >= 0.3 is 5.97 Å². The predicted octanol–water partition coefficient (Wildman–Crippen LogP) is 1.30. The number of carbonyl (C=O) groups is 2. The molecule has 1 amide bonds. The van der Waals surface area contributed by atoms with Gasteiger partial charge in [0, 0.05) is 6.04 Å². The van der Waals surface area contributed by atoms with Crippen molar-refractivity contribution in [3.05, 3.63) is 0 Å². The van der Waals surface area contributed by atoms with Crippen LogP contribution < -0.4 is 11.1 Å². The third kappa shape index (κ3) is 5.71. The molecule has 5 nitrogen and oxygen atoms in total. The third-order valence-corrected chi connectivity index (χ3v) is 4.31. The molecule has 1 rings (SSSR count). The molecule has 1 aliphatic rings. The van der Waals surface area contributed by atoms with Crippen LogP contribution in [0, 0.1) is 5.92 Å². The number of nitrogens with one attached hydrogen (secondary N) is 1. The first kappa shape index (κ1) is 17.3. The average Bonchev–Trinajstić information content (AvgIpc) is 2.45. The number of rotatable bonds is 7. The quantitative estimate of drug-likeness (QED) is 0.693. The minimum absolute atomic E-state index is 0.00623. The number of nitrogens with two attached hydrogens (primary N) is 1. The van der Waals surface area contributed by atoms with Crippen molar-refractivity contribution in [3.63, 3.8) is 0 Å². The topological polar surface area (TPSA) is 81.4 Å². The van der Waals surface area contributed by atoms with Gasteiger partial charge in [0.05, 0.1) is 18.6 Å². The molecule has 0 aromatic heterocycles. The Bertz CT molecular complexity index is 318. The molecule has 20 heavy (non-hydrogen) atoms. The van der Waals surface area contributed by atoms with E-state index in [2.05, 4.69) is 5.32 Å². The van der Waals surface area contributed by atoms with E-state index in [0.29, 0.717) is 13.0 Å². The van der Waals surface area contributed by atoms with E-state index >= 15 is 0 Å². The molecule has 0 spiro atoms. The number of hydrogen-bond donors (Lipinski definition) is 2. The van der Waals surface area contributed by atoms with Crippen molar-refractivity contribution in [2.45, 2.75) is 51.1 Å². The molecular weight excluding hydrogens is 276 g/mol. The van der Waals surface area contributed by atoms with Crippen molar-refractivity contribution >= 4 is 23.6 Å². The van der Waals surface area contributed by atoms with Gasteiger partial charge in [-0.05, 0) is 51.0 Å². The zero-order valence-electron chi connectivity index (χ0n) is 12.4. The molecule has 0 aromatic rings. The molecule has 6 heteroatoms. The summed E-state index contributed by atoms with van der Waals surface area (Å²) in [6.45, 7) is 2.25. The Hall–Kier alpha value is -0.750. The molecule has 0 aliphatic heterocycles. The van der Waals surface area contributed by atoms with Gasteiger partial charge in [-0.25, -0.2) is 0 Å². The van der Waals surface area contributed by atoms with Gasteiger partial charge in [-0.1, -0.05) is 0 Å². The van der Waals surface area contributed by atoms with E-state index in [1.54, 1.807) is 11.8 Å². The molecule has 0 aromatic carbocycles. The molecule has 1 saturated carbocycles. The summed E-state index contributed by atoms with van der Waals surface area (Å²) in [7, 11) is 0. The van der Waals surface area contributed by atoms with Crippen molar-refractivity contribution in [3.8, 4) is 0 Å². The SMILES string of the molecule is CCOC(=O)C1CCC(NC(=O)[C@H](N)CCSC)CC1. The second kappa shape index (κ2) is 9.23. The lowest BCUT2D eigenvalue weighted by Gasteiger charge is -2.28. The number of thioether (sulfide) groups is 1. The van der Waals surface area contributed by atoms with Gasteiger partial charge in [-0.2, -0.15) is 11.8 Å². The fraction of sp³-hybridized carbons (Fsp3) is 0.857. The molecule has 1 aliphatic carbocycles. The zero-order valence-corrected chi connectivity index (χ0v) is 13.2. The summed E-state index contributed by atoms with van der Waals surface area (Å²) in [5.74, 6) is 0.713. The summed E-state index contributed by atoms with van der Waals surface area (Å²) < 4.78 is 5.03. The lowest BCUT2D eigenvalue weighted by atomic mass is 9.86. The maximum atomic E-state index is 11.9. The highest BCUT2D eigenvalue weighted by Crippen LogP contribution is 2.25. The Kier molecular flexibility index (Phi) is 7.99. The first-order valence-corrected chi connectivity index (χ1v) is 8.69. The van der Waals surface area contributed by atoms with Crippen LogP contribution in [0.1, 0.15) is 39.0 Å². The Morgan fingerprint density at radius 1 is 1.35 bits per heavy atom. The molecule has 0 bridgehead atoms. The maximum Gasteiger partial charge on any atom is 0.308 e. The summed E-state index contributed by atoms with van der Waals surface area (Å²) >= 11 is 1.69. The maximum absolute atomic E-state index is 11.9. The Balaban J connectivity index is 2.28. The molecular formula is C14H26N2O3S. The Labute approximate surface area is 125 Å². The van der Waals surface area contributed by atoms with Crippen molar-refractivity contribution in [2.24, 2.45) is 11.7 Å². The van der Waals surface area contributed by atoms with Crippen LogP contribution in [0.25, 0.3) is 0 Å². The van der Waals surface area contributed by atoms with Crippen molar-refractivity contribution in [2.75, 3.05) is 18.6 Å². The van der Waals surface area contributed by atoms with Gasteiger partial charge in [0.15, 0.2) is 0 Å². The lowest BCUT2D eigenvalue weighted by molar-refractivity contribution is -0.149. The summed E-state index contributed by atoms with van der Waals surface area (Å²) in [5, 5.41) is 2.99. The number of amides is 1. The van der Waals surface area contributed by atoms with Crippen LogP contribution in [0.3, 0.4) is 0 Å². The molecule has 0 unspecified atom stereocenters. The molecule has 1 fully saturated rings. The highest BCUT2D eigenvalue weighted by molar-refractivity contribution is 7.98. The lowest BCUT2D eigenvalue weighted by Crippen LogP contribution is -2.47. The standard InChI is InChI=1S/C14H26N2O3S/c1-3-19-14(18)10-4-6-11(7-5-10)16-13(17)12(15)8-9-20-2/h10-12H,3-9,15H2,1-2H3,(H,16,17)/t10?,11?,12-/m1/s1. The fourth-order valence-electron chi connectivity index (χ4n) is 2.42. The average molecular weight is 302 g/mol. The molecule has 0 heterocycles. The monoisotopic (exact) mass is 302 g/mol. The van der Waals surface area contributed by atoms with E-state index in [1.807, 2.05) is 13.2 Å². The van der Waals surface area contributed by atoms with Crippen molar-refractivity contribution in [1.29, 1.82) is 0 Å².